The fourth-order valence-electron chi connectivity index (χ4n) is 5.35. The molecule has 2 heterocycles. The van der Waals surface area contributed by atoms with Crippen molar-refractivity contribution < 1.29 is 19.2 Å². The van der Waals surface area contributed by atoms with Crippen LogP contribution in [0.25, 0.3) is 0 Å². The van der Waals surface area contributed by atoms with Gasteiger partial charge in [-0.05, 0) is 37.5 Å². The van der Waals surface area contributed by atoms with Gasteiger partial charge in [-0.3, -0.25) is 29.0 Å². The van der Waals surface area contributed by atoms with E-state index in [4.69, 9.17) is 0 Å². The van der Waals surface area contributed by atoms with Gasteiger partial charge in [0.2, 0.25) is 0 Å². The normalized spacial score (nSPS) is 27.2. The highest BCUT2D eigenvalue weighted by Gasteiger charge is 2.55. The van der Waals surface area contributed by atoms with Crippen molar-refractivity contribution in [2.24, 2.45) is 11.8 Å². The van der Waals surface area contributed by atoms with Crippen LogP contribution in [0.4, 0.5) is 0 Å². The molecule has 2 fully saturated rings. The van der Waals surface area contributed by atoms with Crippen molar-refractivity contribution in [3.8, 4) is 0 Å². The van der Waals surface area contributed by atoms with Crippen molar-refractivity contribution in [3.63, 3.8) is 0 Å². The lowest BCUT2D eigenvalue weighted by molar-refractivity contribution is -0.169. The van der Waals surface area contributed by atoms with Gasteiger partial charge in [0.05, 0.1) is 0 Å². The summed E-state index contributed by atoms with van der Waals surface area (Å²) < 4.78 is 0. The van der Waals surface area contributed by atoms with Crippen LogP contribution in [0, 0.1) is 11.8 Å². The summed E-state index contributed by atoms with van der Waals surface area (Å²) in [5, 5.41) is 0. The highest BCUT2D eigenvalue weighted by Crippen LogP contribution is 2.46. The van der Waals surface area contributed by atoms with Gasteiger partial charge in [-0.15, -0.1) is 0 Å². The summed E-state index contributed by atoms with van der Waals surface area (Å²) in [6, 6.07) is 0. The molecule has 0 radical (unpaired) electrons. The Labute approximate surface area is 152 Å². The van der Waals surface area contributed by atoms with Crippen LogP contribution in [0.5, 0.6) is 0 Å². The molecule has 0 aromatic carbocycles. The summed E-state index contributed by atoms with van der Waals surface area (Å²) in [6.45, 7) is 0. The number of carbonyl (C=O) groups excluding carboxylic acids is 4. The van der Waals surface area contributed by atoms with E-state index < -0.39 is 29.3 Å². The fourth-order valence-corrected chi connectivity index (χ4v) is 5.35. The lowest BCUT2D eigenvalue weighted by Crippen LogP contribution is -2.65. The van der Waals surface area contributed by atoms with Gasteiger partial charge in [-0.25, -0.2) is 0 Å². The summed E-state index contributed by atoms with van der Waals surface area (Å²) in [6.07, 6.45) is 13.9. The van der Waals surface area contributed by atoms with Crippen LogP contribution in [-0.4, -0.2) is 39.1 Å². The second-order valence-electron chi connectivity index (χ2n) is 7.91. The topological polar surface area (TPSA) is 74.8 Å². The van der Waals surface area contributed by atoms with Crippen molar-refractivity contribution in [1.29, 1.82) is 0 Å². The maximum absolute atomic E-state index is 12.4. The second-order valence-corrected chi connectivity index (χ2v) is 7.91. The number of rotatable bonds is 3. The van der Waals surface area contributed by atoms with Crippen molar-refractivity contribution in [2.45, 2.75) is 63.5 Å². The van der Waals surface area contributed by atoms with Gasteiger partial charge in [-0.1, -0.05) is 32.1 Å². The zero-order valence-electron chi connectivity index (χ0n) is 14.9. The summed E-state index contributed by atoms with van der Waals surface area (Å²) in [4.78, 5) is 51.9. The average molecular weight is 356 g/mol. The van der Waals surface area contributed by atoms with E-state index in [-0.39, 0.29) is 0 Å². The summed E-state index contributed by atoms with van der Waals surface area (Å²) >= 11 is 0. The first-order chi connectivity index (χ1) is 12.5. The number of nitrogens with zero attached hydrogens (tertiary/aromatic N) is 2. The van der Waals surface area contributed by atoms with E-state index in [0.29, 0.717) is 24.7 Å². The van der Waals surface area contributed by atoms with Crippen molar-refractivity contribution in [3.05, 3.63) is 24.3 Å². The SMILES string of the molecule is O=C1C=CC(=O)N1C1(N2C(=O)C=CC2=O)CCC(C2CCCCC2)CC1. The quantitative estimate of drug-likeness (QED) is 0.727. The van der Waals surface area contributed by atoms with E-state index in [0.717, 1.165) is 22.6 Å². The smallest absolute Gasteiger partial charge is 0.255 e. The van der Waals surface area contributed by atoms with Gasteiger partial charge in [0.15, 0.2) is 0 Å². The highest BCUT2D eigenvalue weighted by atomic mass is 16.2. The summed E-state index contributed by atoms with van der Waals surface area (Å²) in [5.74, 6) is -0.493. The third-order valence-corrected chi connectivity index (χ3v) is 6.60. The van der Waals surface area contributed by atoms with Crippen molar-refractivity contribution >= 4 is 23.6 Å². The number of imide groups is 2. The molecule has 0 aromatic heterocycles. The molecule has 0 spiro atoms. The van der Waals surface area contributed by atoms with E-state index in [1.807, 2.05) is 0 Å². The molecule has 0 saturated heterocycles. The molecule has 2 saturated carbocycles. The van der Waals surface area contributed by atoms with E-state index in [1.54, 1.807) is 0 Å². The minimum Gasteiger partial charge on any atom is -0.269 e. The maximum atomic E-state index is 12.4. The Morgan fingerprint density at radius 1 is 0.615 bits per heavy atom. The Morgan fingerprint density at radius 3 is 1.42 bits per heavy atom. The molecule has 6 heteroatoms. The van der Waals surface area contributed by atoms with Gasteiger partial charge >= 0.3 is 0 Å². The van der Waals surface area contributed by atoms with E-state index in [2.05, 4.69) is 0 Å². The molecule has 0 bridgehead atoms. The number of hydrogen-bond donors (Lipinski definition) is 0. The molecule has 0 aromatic rings. The van der Waals surface area contributed by atoms with E-state index in [1.165, 1.54) is 56.4 Å². The highest BCUT2D eigenvalue weighted by molar-refractivity contribution is 6.17. The van der Waals surface area contributed by atoms with E-state index >= 15 is 0 Å². The lowest BCUT2D eigenvalue weighted by Gasteiger charge is -2.50. The molecule has 2 aliphatic carbocycles. The zero-order valence-corrected chi connectivity index (χ0v) is 14.9. The van der Waals surface area contributed by atoms with Gasteiger partial charge in [0.25, 0.3) is 23.6 Å². The molecular weight excluding hydrogens is 332 g/mol. The molecule has 26 heavy (non-hydrogen) atoms. The third kappa shape index (κ3) is 2.63. The number of amides is 4. The number of hydrogen-bond acceptors (Lipinski definition) is 4. The Hall–Kier alpha value is -2.24. The molecule has 4 aliphatic rings. The van der Waals surface area contributed by atoms with E-state index in [9.17, 15) is 19.2 Å². The van der Waals surface area contributed by atoms with Crippen LogP contribution < -0.4 is 0 Å². The van der Waals surface area contributed by atoms with Crippen LogP contribution in [0.15, 0.2) is 24.3 Å². The van der Waals surface area contributed by atoms with Gasteiger partial charge < -0.3 is 0 Å². The largest absolute Gasteiger partial charge is 0.269 e. The Kier molecular flexibility index (Phi) is 4.29. The predicted molar refractivity (Wildman–Crippen MR) is 93.3 cm³/mol. The first-order valence-electron chi connectivity index (χ1n) is 9.65. The zero-order chi connectivity index (χ0) is 18.3. The van der Waals surface area contributed by atoms with Gasteiger partial charge in [0, 0.05) is 24.3 Å². The van der Waals surface area contributed by atoms with Crippen LogP contribution in [0.2, 0.25) is 0 Å². The molecule has 0 atom stereocenters. The fraction of sp³-hybridized carbons (Fsp3) is 0.600. The molecule has 6 nitrogen and oxygen atoms in total. The van der Waals surface area contributed by atoms with Gasteiger partial charge in [-0.2, -0.15) is 0 Å². The van der Waals surface area contributed by atoms with Gasteiger partial charge in [0.1, 0.15) is 5.66 Å². The monoisotopic (exact) mass is 356 g/mol. The Bertz CT molecular complexity index is 629. The molecule has 0 unspecified atom stereocenters. The minimum atomic E-state index is -1.15. The summed E-state index contributed by atoms with van der Waals surface area (Å²) in [7, 11) is 0. The molecular formula is C20H24N2O4. The minimum absolute atomic E-state index is 0.432. The van der Waals surface area contributed by atoms with Crippen LogP contribution >= 0.6 is 0 Å². The third-order valence-electron chi connectivity index (χ3n) is 6.60. The Morgan fingerprint density at radius 2 is 1.00 bits per heavy atom. The van der Waals surface area contributed by atoms with Crippen LogP contribution in [0.3, 0.4) is 0 Å². The second kappa shape index (κ2) is 6.49. The number of carbonyl (C=O) groups is 4. The standard InChI is InChI=1S/C20H24N2O4/c23-16-6-7-17(24)21(16)20(22-18(25)8-9-19(22)26)12-10-15(11-13-20)14-4-2-1-3-5-14/h6-9,14-15H,1-5,10-13H2. The molecule has 4 amide bonds. The molecule has 138 valence electrons. The van der Waals surface area contributed by atoms with Crippen LogP contribution in [-0.2, 0) is 19.2 Å². The first-order valence-corrected chi connectivity index (χ1v) is 9.65. The predicted octanol–water partition coefficient (Wildman–Crippen LogP) is 2.30. The maximum Gasteiger partial charge on any atom is 0.255 e. The van der Waals surface area contributed by atoms with Crippen molar-refractivity contribution in [1.82, 2.24) is 9.80 Å². The van der Waals surface area contributed by atoms with Crippen molar-refractivity contribution in [2.75, 3.05) is 0 Å². The first kappa shape index (κ1) is 17.2. The molecule has 2 aliphatic heterocycles. The molecule has 4 rings (SSSR count). The summed E-state index contributed by atoms with van der Waals surface area (Å²) in [5.41, 5.74) is -1.15. The van der Waals surface area contributed by atoms with Crippen LogP contribution in [0.1, 0.15) is 57.8 Å². The average Bonchev–Trinajstić information content (AvgIpc) is 3.18. The lowest BCUT2D eigenvalue weighted by atomic mass is 9.70. The Balaban J connectivity index is 1.61. The molecule has 0 N–H and O–H groups in total.